The van der Waals surface area contributed by atoms with Crippen LogP contribution in [-0.4, -0.2) is 25.2 Å². The first-order chi connectivity index (χ1) is 16.0. The van der Waals surface area contributed by atoms with Crippen molar-refractivity contribution in [1.82, 2.24) is 4.98 Å². The summed E-state index contributed by atoms with van der Waals surface area (Å²) in [7, 11) is 3.16. The smallest absolute Gasteiger partial charge is 0.323 e. The molecule has 1 heterocycles. The topological polar surface area (TPSA) is 81.7 Å². The van der Waals surface area contributed by atoms with E-state index in [1.165, 1.54) is 0 Å². The van der Waals surface area contributed by atoms with Gasteiger partial charge in [0, 0.05) is 34.0 Å². The van der Waals surface area contributed by atoms with Crippen molar-refractivity contribution in [3.63, 3.8) is 0 Å². The molecule has 0 unspecified atom stereocenters. The quantitative estimate of drug-likeness (QED) is 0.334. The number of fused-ring (bicyclic) bond motifs is 1. The minimum Gasteiger partial charge on any atom is -0.493 e. The van der Waals surface area contributed by atoms with Gasteiger partial charge in [-0.15, -0.1) is 0 Å². The van der Waals surface area contributed by atoms with Gasteiger partial charge in [0.25, 0.3) is 0 Å². The van der Waals surface area contributed by atoms with E-state index in [4.69, 9.17) is 25.8 Å². The van der Waals surface area contributed by atoms with Gasteiger partial charge < -0.3 is 24.8 Å². The third-order valence-corrected chi connectivity index (χ3v) is 5.22. The number of anilines is 2. The van der Waals surface area contributed by atoms with Crippen LogP contribution < -0.4 is 24.8 Å². The molecular weight excluding hydrogens is 442 g/mol. The summed E-state index contributed by atoms with van der Waals surface area (Å²) >= 11 is 5.96. The number of aromatic nitrogens is 1. The van der Waals surface area contributed by atoms with Gasteiger partial charge in [-0.1, -0.05) is 11.6 Å². The number of carbonyl (C=O) groups is 1. The third kappa shape index (κ3) is 5.10. The van der Waals surface area contributed by atoms with E-state index in [2.05, 4.69) is 15.6 Å². The Bertz CT molecular complexity index is 1310. The van der Waals surface area contributed by atoms with Crippen LogP contribution in [0.15, 0.2) is 66.9 Å². The minimum absolute atomic E-state index is 0.352. The normalized spacial score (nSPS) is 10.5. The van der Waals surface area contributed by atoms with Crippen LogP contribution in [0.2, 0.25) is 5.02 Å². The SMILES string of the molecule is COc1cc2nccc(Oc3ccc(NC(=O)Nc4ccc(Cl)cc4C)cc3)c2cc1OC. The molecule has 1 aromatic heterocycles. The Labute approximate surface area is 196 Å². The number of carbonyl (C=O) groups excluding carboxylic acids is 1. The summed E-state index contributed by atoms with van der Waals surface area (Å²) in [6.07, 6.45) is 1.67. The number of halogens is 1. The van der Waals surface area contributed by atoms with Crippen LogP contribution in [0.25, 0.3) is 10.9 Å². The van der Waals surface area contributed by atoms with Crippen molar-refractivity contribution in [3.8, 4) is 23.0 Å². The third-order valence-electron chi connectivity index (χ3n) is 4.98. The second kappa shape index (κ2) is 9.67. The average molecular weight is 464 g/mol. The molecule has 0 saturated carbocycles. The van der Waals surface area contributed by atoms with Gasteiger partial charge in [-0.3, -0.25) is 4.98 Å². The number of hydrogen-bond acceptors (Lipinski definition) is 5. The number of urea groups is 1. The second-order valence-electron chi connectivity index (χ2n) is 7.20. The van der Waals surface area contributed by atoms with E-state index >= 15 is 0 Å². The van der Waals surface area contributed by atoms with Crippen LogP contribution in [-0.2, 0) is 0 Å². The average Bonchev–Trinajstić information content (AvgIpc) is 2.81. The van der Waals surface area contributed by atoms with Crippen molar-refractivity contribution in [2.75, 3.05) is 24.9 Å². The van der Waals surface area contributed by atoms with Crippen molar-refractivity contribution >= 4 is 39.9 Å². The summed E-state index contributed by atoms with van der Waals surface area (Å²) < 4.78 is 16.8. The largest absolute Gasteiger partial charge is 0.493 e. The van der Waals surface area contributed by atoms with E-state index in [1.807, 2.05) is 13.0 Å². The number of methoxy groups -OCH3 is 2. The molecular formula is C25H22ClN3O4. The number of nitrogens with one attached hydrogen (secondary N) is 2. The van der Waals surface area contributed by atoms with Crippen molar-refractivity contribution < 1.29 is 19.0 Å². The number of nitrogens with zero attached hydrogens (tertiary/aromatic N) is 1. The highest BCUT2D eigenvalue weighted by molar-refractivity contribution is 6.30. The molecule has 0 aliphatic rings. The maximum absolute atomic E-state index is 12.3. The van der Waals surface area contributed by atoms with Gasteiger partial charge in [0.15, 0.2) is 11.5 Å². The number of ether oxygens (including phenoxy) is 3. The van der Waals surface area contributed by atoms with Crippen molar-refractivity contribution in [2.45, 2.75) is 6.92 Å². The number of pyridine rings is 1. The number of benzene rings is 3. The lowest BCUT2D eigenvalue weighted by molar-refractivity contribution is 0.262. The molecule has 0 saturated heterocycles. The Kier molecular flexibility index (Phi) is 6.51. The van der Waals surface area contributed by atoms with Gasteiger partial charge in [-0.2, -0.15) is 0 Å². The summed E-state index contributed by atoms with van der Waals surface area (Å²) in [6, 6.07) is 17.4. The molecule has 0 atom stereocenters. The summed E-state index contributed by atoms with van der Waals surface area (Å²) in [5.74, 6) is 2.41. The Balaban J connectivity index is 1.47. The Morgan fingerprint density at radius 3 is 2.30 bits per heavy atom. The van der Waals surface area contributed by atoms with Gasteiger partial charge in [-0.05, 0) is 67.1 Å². The lowest BCUT2D eigenvalue weighted by Gasteiger charge is -2.13. The molecule has 0 fully saturated rings. The highest BCUT2D eigenvalue weighted by atomic mass is 35.5. The molecule has 4 aromatic rings. The molecule has 33 heavy (non-hydrogen) atoms. The predicted molar refractivity (Wildman–Crippen MR) is 130 cm³/mol. The monoisotopic (exact) mass is 463 g/mol. The number of hydrogen-bond donors (Lipinski definition) is 2. The zero-order valence-electron chi connectivity index (χ0n) is 18.3. The lowest BCUT2D eigenvalue weighted by Crippen LogP contribution is -2.19. The van der Waals surface area contributed by atoms with Crippen molar-refractivity contribution in [1.29, 1.82) is 0 Å². The van der Waals surface area contributed by atoms with Crippen LogP contribution in [0, 0.1) is 6.92 Å². The maximum Gasteiger partial charge on any atom is 0.323 e. The molecule has 2 amide bonds. The van der Waals surface area contributed by atoms with E-state index in [1.54, 1.807) is 75.0 Å². The minimum atomic E-state index is -0.352. The van der Waals surface area contributed by atoms with Gasteiger partial charge in [-0.25, -0.2) is 4.79 Å². The van der Waals surface area contributed by atoms with Crippen LogP contribution in [0.5, 0.6) is 23.0 Å². The fourth-order valence-electron chi connectivity index (χ4n) is 3.32. The van der Waals surface area contributed by atoms with Gasteiger partial charge in [0.2, 0.25) is 0 Å². The molecule has 0 radical (unpaired) electrons. The van der Waals surface area contributed by atoms with Crippen LogP contribution in [0.4, 0.5) is 16.2 Å². The van der Waals surface area contributed by atoms with E-state index in [9.17, 15) is 4.79 Å². The molecule has 0 spiro atoms. The van der Waals surface area contributed by atoms with E-state index < -0.39 is 0 Å². The summed E-state index contributed by atoms with van der Waals surface area (Å²) in [4.78, 5) is 16.7. The fraction of sp³-hybridized carbons (Fsp3) is 0.120. The highest BCUT2D eigenvalue weighted by Gasteiger charge is 2.12. The Morgan fingerprint density at radius 1 is 0.879 bits per heavy atom. The molecule has 7 nitrogen and oxygen atoms in total. The molecule has 2 N–H and O–H groups in total. The molecule has 0 aliphatic carbocycles. The van der Waals surface area contributed by atoms with E-state index in [0.717, 1.165) is 16.5 Å². The second-order valence-corrected chi connectivity index (χ2v) is 7.63. The maximum atomic E-state index is 12.3. The van der Waals surface area contributed by atoms with E-state index in [0.29, 0.717) is 39.4 Å². The van der Waals surface area contributed by atoms with Gasteiger partial charge in [0.1, 0.15) is 11.5 Å². The first-order valence-electron chi connectivity index (χ1n) is 10.1. The molecule has 3 aromatic carbocycles. The summed E-state index contributed by atoms with van der Waals surface area (Å²) in [5, 5.41) is 7.02. The predicted octanol–water partition coefficient (Wildman–Crippen LogP) is 6.65. The molecule has 4 rings (SSSR count). The van der Waals surface area contributed by atoms with E-state index in [-0.39, 0.29) is 6.03 Å². The zero-order chi connectivity index (χ0) is 23.4. The standard InChI is InChI=1S/C25H22ClN3O4/c1-15-12-16(26)4-9-20(15)29-25(30)28-17-5-7-18(8-6-17)33-22-10-11-27-21-14-24(32-3)23(31-2)13-19(21)22/h4-14H,1-3H3,(H2,28,29,30). The fourth-order valence-corrected chi connectivity index (χ4v) is 3.55. The van der Waals surface area contributed by atoms with Crippen molar-refractivity contribution in [2.24, 2.45) is 0 Å². The number of amides is 2. The van der Waals surface area contributed by atoms with Gasteiger partial charge >= 0.3 is 6.03 Å². The molecule has 168 valence electrons. The molecule has 8 heteroatoms. The van der Waals surface area contributed by atoms with Crippen molar-refractivity contribution in [3.05, 3.63) is 77.4 Å². The van der Waals surface area contributed by atoms with Crippen LogP contribution >= 0.6 is 11.6 Å². The lowest BCUT2D eigenvalue weighted by atomic mass is 10.2. The molecule has 0 bridgehead atoms. The van der Waals surface area contributed by atoms with Crippen LogP contribution in [0.3, 0.4) is 0 Å². The van der Waals surface area contributed by atoms with Gasteiger partial charge in [0.05, 0.1) is 19.7 Å². The Morgan fingerprint density at radius 2 is 1.61 bits per heavy atom. The summed E-state index contributed by atoms with van der Waals surface area (Å²) in [6.45, 7) is 1.88. The van der Waals surface area contributed by atoms with Crippen LogP contribution in [0.1, 0.15) is 5.56 Å². The highest BCUT2D eigenvalue weighted by Crippen LogP contribution is 2.37. The Hall–Kier alpha value is -3.97. The first-order valence-corrected chi connectivity index (χ1v) is 10.5. The zero-order valence-corrected chi connectivity index (χ0v) is 19.1. The number of aryl methyl sites for hydroxylation is 1. The number of rotatable bonds is 6. The summed E-state index contributed by atoms with van der Waals surface area (Å²) in [5.41, 5.74) is 2.91. The molecule has 0 aliphatic heterocycles. The first kappa shape index (κ1) is 22.2.